The second kappa shape index (κ2) is 4.86. The van der Waals surface area contributed by atoms with Crippen LogP contribution in [0.25, 0.3) is 0 Å². The minimum absolute atomic E-state index is 0.333. The van der Waals surface area contributed by atoms with E-state index in [0.29, 0.717) is 13.2 Å². The quantitative estimate of drug-likeness (QED) is 0.753. The van der Waals surface area contributed by atoms with E-state index in [1.54, 1.807) is 7.11 Å². The number of rotatable bonds is 2. The van der Waals surface area contributed by atoms with Crippen molar-refractivity contribution in [3.8, 4) is 11.8 Å². The molecule has 0 saturated carbocycles. The van der Waals surface area contributed by atoms with E-state index in [-0.39, 0.29) is 6.10 Å². The van der Waals surface area contributed by atoms with Gasteiger partial charge in [0.15, 0.2) is 6.10 Å². The molecule has 1 unspecified atom stereocenters. The van der Waals surface area contributed by atoms with Gasteiger partial charge in [0, 0.05) is 18.3 Å². The van der Waals surface area contributed by atoms with E-state index in [2.05, 4.69) is 11.0 Å². The van der Waals surface area contributed by atoms with Crippen LogP contribution in [0.3, 0.4) is 0 Å². The molecule has 0 amide bonds. The Hall–Kier alpha value is -1.73. The average Bonchev–Trinajstić information content (AvgIpc) is 2.39. The van der Waals surface area contributed by atoms with Crippen LogP contribution in [0.4, 0.5) is 5.69 Å². The summed E-state index contributed by atoms with van der Waals surface area (Å²) in [5, 5.41) is 8.83. The first kappa shape index (κ1) is 10.8. The molecular weight excluding hydrogens is 204 g/mol. The molecule has 1 saturated heterocycles. The lowest BCUT2D eigenvalue weighted by atomic mass is 10.2. The number of hydrogen-bond acceptors (Lipinski definition) is 4. The standard InChI is InChI=1S/C12H14N2O2/c1-15-11-4-2-3-10(7-11)14-5-6-16-12(8-13)9-14/h2-4,7,12H,5-6,9H2,1H3. The minimum Gasteiger partial charge on any atom is -0.497 e. The number of benzene rings is 1. The van der Waals surface area contributed by atoms with Crippen LogP contribution in [0.1, 0.15) is 0 Å². The molecule has 1 aliphatic heterocycles. The van der Waals surface area contributed by atoms with E-state index in [1.165, 1.54) is 0 Å². The summed E-state index contributed by atoms with van der Waals surface area (Å²) in [6.45, 7) is 2.02. The maximum absolute atomic E-state index is 8.83. The molecule has 1 aromatic carbocycles. The Morgan fingerprint density at radius 2 is 2.44 bits per heavy atom. The van der Waals surface area contributed by atoms with Gasteiger partial charge in [-0.25, -0.2) is 0 Å². The van der Waals surface area contributed by atoms with Crippen LogP contribution < -0.4 is 9.64 Å². The van der Waals surface area contributed by atoms with Crippen LogP contribution >= 0.6 is 0 Å². The zero-order valence-electron chi connectivity index (χ0n) is 9.22. The summed E-state index contributed by atoms with van der Waals surface area (Å²) in [4.78, 5) is 2.14. The lowest BCUT2D eigenvalue weighted by Gasteiger charge is -2.31. The Morgan fingerprint density at radius 1 is 1.56 bits per heavy atom. The van der Waals surface area contributed by atoms with Crippen molar-refractivity contribution in [1.82, 2.24) is 0 Å². The van der Waals surface area contributed by atoms with Gasteiger partial charge in [0.25, 0.3) is 0 Å². The maximum Gasteiger partial charge on any atom is 0.161 e. The largest absolute Gasteiger partial charge is 0.497 e. The monoisotopic (exact) mass is 218 g/mol. The van der Waals surface area contributed by atoms with E-state index in [0.717, 1.165) is 18.0 Å². The Kier molecular flexibility index (Phi) is 3.28. The highest BCUT2D eigenvalue weighted by Gasteiger charge is 2.20. The summed E-state index contributed by atoms with van der Waals surface area (Å²) >= 11 is 0. The molecular formula is C12H14N2O2. The van der Waals surface area contributed by atoms with Crippen molar-refractivity contribution in [3.05, 3.63) is 24.3 Å². The van der Waals surface area contributed by atoms with Gasteiger partial charge in [-0.05, 0) is 12.1 Å². The number of hydrogen-bond donors (Lipinski definition) is 0. The van der Waals surface area contributed by atoms with Crippen LogP contribution in [0, 0.1) is 11.3 Å². The normalized spacial score (nSPS) is 20.2. The fraction of sp³-hybridized carbons (Fsp3) is 0.417. The van der Waals surface area contributed by atoms with Gasteiger partial charge in [-0.15, -0.1) is 0 Å². The minimum atomic E-state index is -0.333. The molecule has 2 rings (SSSR count). The highest BCUT2D eigenvalue weighted by Crippen LogP contribution is 2.22. The Bertz CT molecular complexity index is 400. The lowest BCUT2D eigenvalue weighted by molar-refractivity contribution is 0.0764. The van der Waals surface area contributed by atoms with Crippen molar-refractivity contribution in [2.24, 2.45) is 0 Å². The SMILES string of the molecule is COc1cccc(N2CCOC(C#N)C2)c1. The summed E-state index contributed by atoms with van der Waals surface area (Å²) in [5.41, 5.74) is 1.07. The van der Waals surface area contributed by atoms with Crippen molar-refractivity contribution in [2.45, 2.75) is 6.10 Å². The van der Waals surface area contributed by atoms with Crippen LogP contribution in [0.2, 0.25) is 0 Å². The van der Waals surface area contributed by atoms with E-state index >= 15 is 0 Å². The molecule has 1 heterocycles. The van der Waals surface area contributed by atoms with Gasteiger partial charge >= 0.3 is 0 Å². The van der Waals surface area contributed by atoms with Crippen molar-refractivity contribution in [1.29, 1.82) is 5.26 Å². The van der Waals surface area contributed by atoms with Gasteiger partial charge in [0.2, 0.25) is 0 Å². The van der Waals surface area contributed by atoms with Crippen molar-refractivity contribution < 1.29 is 9.47 Å². The van der Waals surface area contributed by atoms with Crippen molar-refractivity contribution in [2.75, 3.05) is 31.7 Å². The topological polar surface area (TPSA) is 45.5 Å². The second-order valence-electron chi connectivity index (χ2n) is 3.64. The van der Waals surface area contributed by atoms with Crippen LogP contribution in [-0.2, 0) is 4.74 Å². The van der Waals surface area contributed by atoms with E-state index < -0.39 is 0 Å². The predicted molar refractivity (Wildman–Crippen MR) is 60.6 cm³/mol. The van der Waals surface area contributed by atoms with E-state index in [4.69, 9.17) is 14.7 Å². The molecule has 1 atom stereocenters. The summed E-state index contributed by atoms with van der Waals surface area (Å²) < 4.78 is 10.5. The fourth-order valence-electron chi connectivity index (χ4n) is 1.77. The smallest absolute Gasteiger partial charge is 0.161 e. The van der Waals surface area contributed by atoms with E-state index in [9.17, 15) is 0 Å². The molecule has 0 bridgehead atoms. The Labute approximate surface area is 95.0 Å². The van der Waals surface area contributed by atoms with Gasteiger partial charge < -0.3 is 14.4 Å². The van der Waals surface area contributed by atoms with Gasteiger partial charge in [-0.3, -0.25) is 0 Å². The van der Waals surface area contributed by atoms with Crippen LogP contribution in [-0.4, -0.2) is 32.9 Å². The molecule has 0 aromatic heterocycles. The van der Waals surface area contributed by atoms with Crippen LogP contribution in [0.5, 0.6) is 5.75 Å². The second-order valence-corrected chi connectivity index (χ2v) is 3.64. The highest BCUT2D eigenvalue weighted by molar-refractivity contribution is 5.51. The Balaban J connectivity index is 2.14. The zero-order valence-corrected chi connectivity index (χ0v) is 9.22. The van der Waals surface area contributed by atoms with E-state index in [1.807, 2.05) is 24.3 Å². The number of methoxy groups -OCH3 is 1. The van der Waals surface area contributed by atoms with Gasteiger partial charge in [0.05, 0.1) is 26.3 Å². The molecule has 4 heteroatoms. The summed E-state index contributed by atoms with van der Waals surface area (Å²) in [6, 6.07) is 9.98. The molecule has 0 radical (unpaired) electrons. The van der Waals surface area contributed by atoms with Crippen molar-refractivity contribution >= 4 is 5.69 Å². The first-order valence-electron chi connectivity index (χ1n) is 5.23. The summed E-state index contributed by atoms with van der Waals surface area (Å²) in [6.07, 6.45) is -0.333. The number of anilines is 1. The molecule has 16 heavy (non-hydrogen) atoms. The van der Waals surface area contributed by atoms with Gasteiger partial charge in [-0.1, -0.05) is 6.07 Å². The van der Waals surface area contributed by atoms with Crippen molar-refractivity contribution in [3.63, 3.8) is 0 Å². The zero-order chi connectivity index (χ0) is 11.4. The molecule has 0 aliphatic carbocycles. The third-order valence-electron chi connectivity index (χ3n) is 2.63. The lowest BCUT2D eigenvalue weighted by Crippen LogP contribution is -2.41. The average molecular weight is 218 g/mol. The van der Waals surface area contributed by atoms with Gasteiger partial charge in [0.1, 0.15) is 5.75 Å². The Morgan fingerprint density at radius 3 is 3.19 bits per heavy atom. The first-order chi connectivity index (χ1) is 7.83. The van der Waals surface area contributed by atoms with Crippen LogP contribution in [0.15, 0.2) is 24.3 Å². The number of ether oxygens (including phenoxy) is 2. The number of nitriles is 1. The summed E-state index contributed by atoms with van der Waals surface area (Å²) in [5.74, 6) is 0.831. The number of morpholine rings is 1. The third-order valence-corrected chi connectivity index (χ3v) is 2.63. The highest BCUT2D eigenvalue weighted by atomic mass is 16.5. The molecule has 1 aliphatic rings. The molecule has 84 valence electrons. The first-order valence-corrected chi connectivity index (χ1v) is 5.23. The third kappa shape index (κ3) is 2.26. The predicted octanol–water partition coefficient (Wildman–Crippen LogP) is 1.42. The summed E-state index contributed by atoms with van der Waals surface area (Å²) in [7, 11) is 1.65. The van der Waals surface area contributed by atoms with Gasteiger partial charge in [-0.2, -0.15) is 5.26 Å². The molecule has 0 N–H and O–H groups in total. The molecule has 4 nitrogen and oxygen atoms in total. The fourth-order valence-corrected chi connectivity index (χ4v) is 1.77. The molecule has 1 aromatic rings. The molecule has 1 fully saturated rings. The number of nitrogens with zero attached hydrogens (tertiary/aromatic N) is 2. The molecule has 0 spiro atoms. The maximum atomic E-state index is 8.83.